The van der Waals surface area contributed by atoms with Crippen LogP contribution >= 0.6 is 0 Å². The van der Waals surface area contributed by atoms with E-state index >= 15 is 0 Å². The molecule has 0 spiro atoms. The quantitative estimate of drug-likeness (QED) is 0.260. The van der Waals surface area contributed by atoms with Crippen molar-refractivity contribution < 1.29 is 19.4 Å². The van der Waals surface area contributed by atoms with Crippen LogP contribution in [-0.4, -0.2) is 15.8 Å². The molecule has 8 heteroatoms. The number of rotatable bonds is 6. The fraction of sp³-hybridized carbons (Fsp3) is 0.118. The highest BCUT2D eigenvalue weighted by Crippen LogP contribution is 2.26. The fourth-order valence-electron chi connectivity index (χ4n) is 2.21. The third-order valence-electron chi connectivity index (χ3n) is 3.34. The standard InChI is InChI=1S/C17H14N2O6/c1-3-4-12-7-11(2)5-6-16(12)25-17(20)13-8-14(18(21)22)10-15(9-13)19(23)24/h3,5-10H,1,4H2,2H3. The van der Waals surface area contributed by atoms with Crippen LogP contribution in [0, 0.1) is 27.2 Å². The molecule has 0 unspecified atom stereocenters. The minimum Gasteiger partial charge on any atom is -0.423 e. The molecule has 0 bridgehead atoms. The monoisotopic (exact) mass is 342 g/mol. The number of carbonyl (C=O) groups excluding carboxylic acids is 1. The highest BCUT2D eigenvalue weighted by atomic mass is 16.6. The van der Waals surface area contributed by atoms with Crippen molar-refractivity contribution in [2.24, 2.45) is 0 Å². The molecular weight excluding hydrogens is 328 g/mol. The number of nitro benzene ring substituents is 2. The number of benzene rings is 2. The van der Waals surface area contributed by atoms with Crippen molar-refractivity contribution in [2.75, 3.05) is 0 Å². The fourth-order valence-corrected chi connectivity index (χ4v) is 2.21. The second-order valence-electron chi connectivity index (χ2n) is 5.25. The van der Waals surface area contributed by atoms with Crippen molar-refractivity contribution in [3.63, 3.8) is 0 Å². The highest BCUT2D eigenvalue weighted by Gasteiger charge is 2.21. The molecule has 8 nitrogen and oxygen atoms in total. The summed E-state index contributed by atoms with van der Waals surface area (Å²) in [6.45, 7) is 5.51. The first-order chi connectivity index (χ1) is 11.8. The molecule has 0 amide bonds. The molecule has 2 aromatic rings. The molecule has 0 fully saturated rings. The molecule has 128 valence electrons. The predicted molar refractivity (Wildman–Crippen MR) is 89.8 cm³/mol. The summed E-state index contributed by atoms with van der Waals surface area (Å²) in [5.41, 5.74) is 0.282. The summed E-state index contributed by atoms with van der Waals surface area (Å²) in [6, 6.07) is 7.82. The summed E-state index contributed by atoms with van der Waals surface area (Å²) in [5.74, 6) is -0.648. The van der Waals surface area contributed by atoms with Gasteiger partial charge in [0.25, 0.3) is 11.4 Å². The van der Waals surface area contributed by atoms with E-state index in [1.165, 1.54) is 0 Å². The molecule has 2 rings (SSSR count). The Morgan fingerprint density at radius 3 is 2.24 bits per heavy atom. The van der Waals surface area contributed by atoms with Crippen LogP contribution < -0.4 is 4.74 Å². The molecule has 0 radical (unpaired) electrons. The van der Waals surface area contributed by atoms with E-state index in [1.807, 2.05) is 13.0 Å². The Hall–Kier alpha value is -3.55. The van der Waals surface area contributed by atoms with Crippen LogP contribution in [-0.2, 0) is 6.42 Å². The molecule has 0 heterocycles. The second-order valence-corrected chi connectivity index (χ2v) is 5.25. The van der Waals surface area contributed by atoms with Gasteiger partial charge in [-0.2, -0.15) is 0 Å². The molecule has 0 saturated heterocycles. The average Bonchev–Trinajstić information content (AvgIpc) is 2.57. The number of hydrogen-bond acceptors (Lipinski definition) is 6. The molecule has 0 saturated carbocycles. The van der Waals surface area contributed by atoms with Crippen molar-refractivity contribution >= 4 is 17.3 Å². The number of aryl methyl sites for hydroxylation is 1. The number of allylic oxidation sites excluding steroid dienone is 1. The Kier molecular flexibility index (Phi) is 5.23. The Bertz CT molecular complexity index is 843. The Balaban J connectivity index is 2.40. The largest absolute Gasteiger partial charge is 0.423 e. The summed E-state index contributed by atoms with van der Waals surface area (Å²) < 4.78 is 5.28. The van der Waals surface area contributed by atoms with Gasteiger partial charge in [-0.1, -0.05) is 23.8 Å². The van der Waals surface area contributed by atoms with Gasteiger partial charge in [-0.3, -0.25) is 20.2 Å². The lowest BCUT2D eigenvalue weighted by Crippen LogP contribution is -2.11. The summed E-state index contributed by atoms with van der Waals surface area (Å²) in [7, 11) is 0. The Labute approximate surface area is 142 Å². The second kappa shape index (κ2) is 7.35. The highest BCUT2D eigenvalue weighted by molar-refractivity contribution is 5.92. The van der Waals surface area contributed by atoms with Crippen LogP contribution in [0.2, 0.25) is 0 Å². The van der Waals surface area contributed by atoms with E-state index in [1.54, 1.807) is 18.2 Å². The Morgan fingerprint density at radius 2 is 1.72 bits per heavy atom. The maximum Gasteiger partial charge on any atom is 0.344 e. The topological polar surface area (TPSA) is 113 Å². The van der Waals surface area contributed by atoms with E-state index in [-0.39, 0.29) is 11.3 Å². The van der Waals surface area contributed by atoms with E-state index in [0.717, 1.165) is 23.8 Å². The van der Waals surface area contributed by atoms with Crippen LogP contribution in [0.15, 0.2) is 49.1 Å². The first-order valence-electron chi connectivity index (χ1n) is 7.18. The number of nitrogens with zero attached hydrogens (tertiary/aromatic N) is 2. The van der Waals surface area contributed by atoms with E-state index in [4.69, 9.17) is 4.74 Å². The number of carbonyl (C=O) groups is 1. The minimum atomic E-state index is -0.916. The molecule has 0 aliphatic heterocycles. The van der Waals surface area contributed by atoms with Gasteiger partial charge in [0.15, 0.2) is 0 Å². The van der Waals surface area contributed by atoms with Gasteiger partial charge >= 0.3 is 5.97 Å². The van der Waals surface area contributed by atoms with Gasteiger partial charge in [0.05, 0.1) is 21.5 Å². The van der Waals surface area contributed by atoms with Gasteiger partial charge in [0.1, 0.15) is 5.75 Å². The third-order valence-corrected chi connectivity index (χ3v) is 3.34. The van der Waals surface area contributed by atoms with Gasteiger partial charge in [0, 0.05) is 12.1 Å². The third kappa shape index (κ3) is 4.25. The molecule has 2 aromatic carbocycles. The maximum atomic E-state index is 12.3. The summed E-state index contributed by atoms with van der Waals surface area (Å²) in [5, 5.41) is 21.8. The average molecular weight is 342 g/mol. The number of nitro groups is 2. The number of non-ortho nitro benzene ring substituents is 2. The van der Waals surface area contributed by atoms with Crippen LogP contribution in [0.4, 0.5) is 11.4 Å². The SMILES string of the molecule is C=CCc1cc(C)ccc1OC(=O)c1cc([N+](=O)[O-])cc([N+](=O)[O-])c1. The van der Waals surface area contributed by atoms with Crippen LogP contribution in [0.1, 0.15) is 21.5 Å². The van der Waals surface area contributed by atoms with Crippen molar-refractivity contribution in [1.82, 2.24) is 0 Å². The zero-order valence-corrected chi connectivity index (χ0v) is 13.3. The summed E-state index contributed by atoms with van der Waals surface area (Å²) in [4.78, 5) is 32.5. The smallest absolute Gasteiger partial charge is 0.344 e. The van der Waals surface area contributed by atoms with Crippen LogP contribution in [0.25, 0.3) is 0 Å². The lowest BCUT2D eigenvalue weighted by Gasteiger charge is -2.10. The van der Waals surface area contributed by atoms with Gasteiger partial charge in [-0.05, 0) is 25.0 Å². The number of esters is 1. The lowest BCUT2D eigenvalue weighted by atomic mass is 10.1. The van der Waals surface area contributed by atoms with Gasteiger partial charge in [-0.15, -0.1) is 6.58 Å². The molecule has 0 N–H and O–H groups in total. The molecule has 0 aliphatic carbocycles. The van der Waals surface area contributed by atoms with Gasteiger partial charge in [-0.25, -0.2) is 4.79 Å². The lowest BCUT2D eigenvalue weighted by molar-refractivity contribution is -0.394. The molecular formula is C17H14N2O6. The maximum absolute atomic E-state index is 12.3. The summed E-state index contributed by atoms with van der Waals surface area (Å²) in [6.07, 6.45) is 2.10. The molecule has 0 aliphatic rings. The Morgan fingerprint density at radius 1 is 1.12 bits per heavy atom. The predicted octanol–water partition coefficient (Wildman–Crippen LogP) is 3.76. The minimum absolute atomic E-state index is 0.268. The first-order valence-corrected chi connectivity index (χ1v) is 7.18. The molecule has 25 heavy (non-hydrogen) atoms. The van der Waals surface area contributed by atoms with Crippen molar-refractivity contribution in [1.29, 1.82) is 0 Å². The van der Waals surface area contributed by atoms with Crippen molar-refractivity contribution in [3.05, 3.63) is 86.0 Å². The number of hydrogen-bond donors (Lipinski definition) is 0. The van der Waals surface area contributed by atoms with Crippen molar-refractivity contribution in [2.45, 2.75) is 13.3 Å². The normalized spacial score (nSPS) is 10.1. The van der Waals surface area contributed by atoms with Crippen LogP contribution in [0.3, 0.4) is 0 Å². The van der Waals surface area contributed by atoms with Crippen LogP contribution in [0.5, 0.6) is 5.75 Å². The van der Waals surface area contributed by atoms with Gasteiger partial charge < -0.3 is 4.74 Å². The summed E-state index contributed by atoms with van der Waals surface area (Å²) >= 11 is 0. The first kappa shape index (κ1) is 17.8. The number of ether oxygens (including phenoxy) is 1. The zero-order valence-electron chi connectivity index (χ0n) is 13.3. The molecule has 0 atom stereocenters. The van der Waals surface area contributed by atoms with E-state index < -0.39 is 27.2 Å². The van der Waals surface area contributed by atoms with E-state index in [2.05, 4.69) is 6.58 Å². The zero-order chi connectivity index (χ0) is 18.6. The van der Waals surface area contributed by atoms with E-state index in [0.29, 0.717) is 12.0 Å². The van der Waals surface area contributed by atoms with Gasteiger partial charge in [0.2, 0.25) is 0 Å². The molecule has 0 aromatic heterocycles. The van der Waals surface area contributed by atoms with E-state index in [9.17, 15) is 25.0 Å². The van der Waals surface area contributed by atoms with Crippen molar-refractivity contribution in [3.8, 4) is 5.75 Å².